The topological polar surface area (TPSA) is 92.4 Å². The molecule has 1 saturated carbocycles. The molecular weight excluding hydrogens is 390 g/mol. The van der Waals surface area contributed by atoms with Crippen molar-refractivity contribution in [2.45, 2.75) is 44.4 Å². The van der Waals surface area contributed by atoms with E-state index in [1.807, 2.05) is 42.2 Å². The summed E-state index contributed by atoms with van der Waals surface area (Å²) in [7, 11) is 3.83. The zero-order valence-electron chi connectivity index (χ0n) is 18.4. The predicted molar refractivity (Wildman–Crippen MR) is 121 cm³/mol. The van der Waals surface area contributed by atoms with Gasteiger partial charge in [0.2, 0.25) is 17.8 Å². The van der Waals surface area contributed by atoms with Crippen LogP contribution < -0.4 is 10.6 Å². The van der Waals surface area contributed by atoms with E-state index in [9.17, 15) is 9.59 Å². The average Bonchev–Trinajstić information content (AvgIpc) is 3.29. The van der Waals surface area contributed by atoms with E-state index in [1.54, 1.807) is 12.1 Å². The van der Waals surface area contributed by atoms with Crippen LogP contribution in [0.25, 0.3) is 11.1 Å². The van der Waals surface area contributed by atoms with Gasteiger partial charge in [0.05, 0.1) is 5.69 Å². The Hall–Kier alpha value is -2.96. The minimum absolute atomic E-state index is 0.140. The molecule has 2 aromatic rings. The Morgan fingerprint density at radius 2 is 1.90 bits per heavy atom. The van der Waals surface area contributed by atoms with Crippen LogP contribution in [0.3, 0.4) is 0 Å². The number of nitrogens with two attached hydrogens (primary N) is 1. The van der Waals surface area contributed by atoms with Crippen LogP contribution in [-0.2, 0) is 4.79 Å². The highest BCUT2D eigenvalue weighted by Crippen LogP contribution is 2.36. The molecule has 4 rings (SSSR count). The van der Waals surface area contributed by atoms with Crippen molar-refractivity contribution >= 4 is 17.8 Å². The van der Waals surface area contributed by atoms with Crippen molar-refractivity contribution in [2.75, 3.05) is 32.1 Å². The van der Waals surface area contributed by atoms with Crippen molar-refractivity contribution in [3.8, 4) is 11.1 Å². The first-order valence-electron chi connectivity index (χ1n) is 11.2. The molecule has 0 unspecified atom stereocenters. The highest BCUT2D eigenvalue weighted by atomic mass is 16.2. The first-order chi connectivity index (χ1) is 14.9. The molecular formula is C24H31N5O2. The Morgan fingerprint density at radius 3 is 2.61 bits per heavy atom. The number of carbonyl (C=O) groups excluding carboxylic acids is 2. The minimum Gasteiger partial charge on any atom is -0.366 e. The Labute approximate surface area is 183 Å². The Morgan fingerprint density at radius 1 is 1.13 bits per heavy atom. The second kappa shape index (κ2) is 9.04. The molecule has 2 N–H and O–H groups in total. The van der Waals surface area contributed by atoms with Crippen LogP contribution in [0, 0.1) is 5.92 Å². The minimum atomic E-state index is -0.459. The monoisotopic (exact) mass is 421 g/mol. The molecule has 1 saturated heterocycles. The number of carbonyl (C=O) groups is 2. The smallest absolute Gasteiger partial charge is 0.248 e. The maximum absolute atomic E-state index is 13.1. The van der Waals surface area contributed by atoms with Gasteiger partial charge in [-0.1, -0.05) is 31.4 Å². The molecule has 7 heteroatoms. The number of likely N-dealkylation sites (tertiary alicyclic amines) is 1. The van der Waals surface area contributed by atoms with Crippen molar-refractivity contribution in [2.24, 2.45) is 11.7 Å². The zero-order valence-corrected chi connectivity index (χ0v) is 18.4. The summed E-state index contributed by atoms with van der Waals surface area (Å²) in [6, 6.07) is 7.27. The molecule has 1 aromatic carbocycles. The highest BCUT2D eigenvalue weighted by molar-refractivity contribution is 5.94. The summed E-state index contributed by atoms with van der Waals surface area (Å²) in [4.78, 5) is 38.0. The van der Waals surface area contributed by atoms with Gasteiger partial charge in [-0.05, 0) is 37.0 Å². The van der Waals surface area contributed by atoms with Crippen LogP contribution in [0.5, 0.6) is 0 Å². The maximum Gasteiger partial charge on any atom is 0.248 e. The van der Waals surface area contributed by atoms with Crippen LogP contribution in [0.2, 0.25) is 0 Å². The molecule has 31 heavy (non-hydrogen) atoms. The molecule has 1 aromatic heterocycles. The van der Waals surface area contributed by atoms with Gasteiger partial charge in [0.1, 0.15) is 0 Å². The number of hydrogen-bond acceptors (Lipinski definition) is 5. The molecule has 1 aliphatic carbocycles. The molecule has 1 atom stereocenters. The molecule has 0 spiro atoms. The third kappa shape index (κ3) is 4.55. The first-order valence-corrected chi connectivity index (χ1v) is 11.2. The largest absolute Gasteiger partial charge is 0.366 e. The number of primary amides is 1. The lowest BCUT2D eigenvalue weighted by Gasteiger charge is -2.26. The van der Waals surface area contributed by atoms with Crippen LogP contribution in [0.15, 0.2) is 30.5 Å². The summed E-state index contributed by atoms with van der Waals surface area (Å²) in [5.41, 5.74) is 8.64. The average molecular weight is 422 g/mol. The molecule has 2 amide bonds. The van der Waals surface area contributed by atoms with Gasteiger partial charge in [-0.25, -0.2) is 9.97 Å². The summed E-state index contributed by atoms with van der Waals surface area (Å²) >= 11 is 0. The molecule has 0 radical (unpaired) electrons. The van der Waals surface area contributed by atoms with E-state index in [4.69, 9.17) is 10.7 Å². The molecule has 2 aliphatic rings. The SMILES string of the molecule is CN(C)c1ncc(-c2cccc(C(N)=O)c2)c([C@H]2CCN(C(=O)C3CCCCC3)C2)n1. The maximum atomic E-state index is 13.1. The van der Waals surface area contributed by atoms with Crippen LogP contribution in [-0.4, -0.2) is 53.9 Å². The van der Waals surface area contributed by atoms with E-state index in [-0.39, 0.29) is 11.8 Å². The standard InChI is InChI=1S/C24H31N5O2/c1-28(2)24-26-14-20(17-9-6-10-18(13-17)22(25)30)21(27-24)19-11-12-29(15-19)23(31)16-7-4-3-5-8-16/h6,9-10,13-14,16,19H,3-5,7-8,11-12,15H2,1-2H3,(H2,25,30)/t19-/m0/s1. The molecule has 2 fully saturated rings. The normalized spacial score (nSPS) is 19.4. The summed E-state index contributed by atoms with van der Waals surface area (Å²) in [5.74, 6) is 0.811. The quantitative estimate of drug-likeness (QED) is 0.800. The van der Waals surface area contributed by atoms with Gasteiger partial charge in [0.25, 0.3) is 0 Å². The van der Waals surface area contributed by atoms with Crippen molar-refractivity contribution < 1.29 is 9.59 Å². The van der Waals surface area contributed by atoms with E-state index in [2.05, 4.69) is 4.98 Å². The predicted octanol–water partition coefficient (Wildman–Crippen LogP) is 3.20. The summed E-state index contributed by atoms with van der Waals surface area (Å²) < 4.78 is 0. The van der Waals surface area contributed by atoms with E-state index < -0.39 is 5.91 Å². The van der Waals surface area contributed by atoms with Gasteiger partial charge >= 0.3 is 0 Å². The van der Waals surface area contributed by atoms with Gasteiger partial charge in [-0.15, -0.1) is 0 Å². The molecule has 7 nitrogen and oxygen atoms in total. The first kappa shape index (κ1) is 21.3. The van der Waals surface area contributed by atoms with Crippen LogP contribution >= 0.6 is 0 Å². The summed E-state index contributed by atoms with van der Waals surface area (Å²) in [6.45, 7) is 1.45. The summed E-state index contributed by atoms with van der Waals surface area (Å²) in [6.07, 6.45) is 8.30. The second-order valence-electron chi connectivity index (χ2n) is 8.91. The number of hydrogen-bond donors (Lipinski definition) is 1. The fraction of sp³-hybridized carbons (Fsp3) is 0.500. The number of benzene rings is 1. The lowest BCUT2D eigenvalue weighted by molar-refractivity contribution is -0.135. The number of rotatable bonds is 5. The van der Waals surface area contributed by atoms with Gasteiger partial charge in [-0.3, -0.25) is 9.59 Å². The van der Waals surface area contributed by atoms with Crippen LogP contribution in [0.4, 0.5) is 5.95 Å². The van der Waals surface area contributed by atoms with Gasteiger partial charge in [0.15, 0.2) is 0 Å². The lowest BCUT2D eigenvalue weighted by Crippen LogP contribution is -2.35. The number of amides is 2. The van der Waals surface area contributed by atoms with E-state index in [0.29, 0.717) is 24.0 Å². The van der Waals surface area contributed by atoms with Crippen molar-refractivity contribution in [1.82, 2.24) is 14.9 Å². The number of anilines is 1. The second-order valence-corrected chi connectivity index (χ2v) is 8.91. The van der Waals surface area contributed by atoms with Crippen molar-refractivity contribution in [3.05, 3.63) is 41.7 Å². The third-order valence-corrected chi connectivity index (χ3v) is 6.50. The molecule has 0 bridgehead atoms. The number of nitrogens with zero attached hydrogens (tertiary/aromatic N) is 4. The highest BCUT2D eigenvalue weighted by Gasteiger charge is 2.34. The fourth-order valence-electron chi connectivity index (χ4n) is 4.77. The Balaban J connectivity index is 1.64. The fourth-order valence-corrected chi connectivity index (χ4v) is 4.77. The molecule has 164 valence electrons. The van der Waals surface area contributed by atoms with Crippen molar-refractivity contribution in [1.29, 1.82) is 0 Å². The van der Waals surface area contributed by atoms with Gasteiger partial charge in [-0.2, -0.15) is 0 Å². The van der Waals surface area contributed by atoms with Gasteiger partial charge in [0, 0.05) is 56.3 Å². The van der Waals surface area contributed by atoms with Crippen LogP contribution in [0.1, 0.15) is 60.5 Å². The Bertz CT molecular complexity index is 968. The van der Waals surface area contributed by atoms with Gasteiger partial charge < -0.3 is 15.5 Å². The Kier molecular flexibility index (Phi) is 6.20. The lowest BCUT2D eigenvalue weighted by atomic mass is 9.88. The van der Waals surface area contributed by atoms with E-state index >= 15 is 0 Å². The zero-order chi connectivity index (χ0) is 22.0. The van der Waals surface area contributed by atoms with E-state index in [0.717, 1.165) is 55.5 Å². The van der Waals surface area contributed by atoms with Crippen molar-refractivity contribution in [3.63, 3.8) is 0 Å². The third-order valence-electron chi connectivity index (χ3n) is 6.50. The molecule has 2 heterocycles. The molecule has 1 aliphatic heterocycles. The van der Waals surface area contributed by atoms with E-state index in [1.165, 1.54) is 6.42 Å². The summed E-state index contributed by atoms with van der Waals surface area (Å²) in [5, 5.41) is 0. The number of aromatic nitrogens is 2.